The van der Waals surface area contributed by atoms with E-state index in [1.54, 1.807) is 12.1 Å². The van der Waals surface area contributed by atoms with Gasteiger partial charge in [-0.25, -0.2) is 0 Å². The van der Waals surface area contributed by atoms with Crippen molar-refractivity contribution in [1.82, 2.24) is 5.32 Å². The van der Waals surface area contributed by atoms with Crippen LogP contribution >= 0.6 is 0 Å². The number of nitro benzene ring substituents is 1. The fraction of sp³-hybridized carbons (Fsp3) is 0.400. The number of nitro groups is 1. The molecule has 1 aliphatic heterocycles. The highest BCUT2D eigenvalue weighted by atomic mass is 16.6. The Morgan fingerprint density at radius 1 is 1.20 bits per heavy atom. The van der Waals surface area contributed by atoms with E-state index < -0.39 is 4.92 Å². The molecule has 0 unspecified atom stereocenters. The third-order valence-corrected chi connectivity index (χ3v) is 2.70. The van der Waals surface area contributed by atoms with Crippen LogP contribution in [0.1, 0.15) is 31.2 Å². The van der Waals surface area contributed by atoms with Crippen molar-refractivity contribution in [3.8, 4) is 12.8 Å². The number of hydrogen-bond acceptors (Lipinski definition) is 4. The molecule has 20 heavy (non-hydrogen) atoms. The van der Waals surface area contributed by atoms with Crippen LogP contribution in [0.5, 0.6) is 0 Å². The fourth-order valence-electron chi connectivity index (χ4n) is 1.71. The van der Waals surface area contributed by atoms with Gasteiger partial charge in [0.25, 0.3) is 5.69 Å². The molecule has 0 aliphatic carbocycles. The first-order chi connectivity index (χ1) is 9.74. The summed E-state index contributed by atoms with van der Waals surface area (Å²) in [7, 11) is 0. The van der Waals surface area contributed by atoms with Gasteiger partial charge in [-0.1, -0.05) is 25.0 Å². The largest absolute Gasteiger partial charge is 0.317 e. The maximum atomic E-state index is 10.2. The first-order valence-corrected chi connectivity index (χ1v) is 6.53. The molecule has 0 aromatic heterocycles. The molecule has 0 radical (unpaired) electrons. The summed E-state index contributed by atoms with van der Waals surface area (Å²) in [4.78, 5) is 9.72. The maximum Gasteiger partial charge on any atom is 0.270 e. The first-order valence-electron chi connectivity index (χ1n) is 6.53. The molecule has 1 aromatic rings. The van der Waals surface area contributed by atoms with E-state index in [1.807, 2.05) is 0 Å². The van der Waals surface area contributed by atoms with Gasteiger partial charge in [-0.05, 0) is 31.5 Å². The Morgan fingerprint density at radius 3 is 2.30 bits per heavy atom. The van der Waals surface area contributed by atoms with Gasteiger partial charge < -0.3 is 10.7 Å². The summed E-state index contributed by atoms with van der Waals surface area (Å²) in [6, 6.07) is 5.94. The molecule has 0 spiro atoms. The molecular weight excluding hydrogens is 254 g/mol. The zero-order valence-corrected chi connectivity index (χ0v) is 11.5. The number of hydrogen-bond donors (Lipinski definition) is 2. The van der Waals surface area contributed by atoms with Gasteiger partial charge in [-0.15, -0.1) is 12.8 Å². The topological polar surface area (TPSA) is 79.0 Å². The van der Waals surface area contributed by atoms with Crippen molar-refractivity contribution in [2.75, 3.05) is 13.1 Å². The number of terminal acetylenes is 1. The Kier molecular flexibility index (Phi) is 10.6. The smallest absolute Gasteiger partial charge is 0.270 e. The highest BCUT2D eigenvalue weighted by Crippen LogP contribution is 2.10. The number of non-ortho nitro benzene ring substituents is 1. The average Bonchev–Trinajstić information content (AvgIpc) is 2.82. The summed E-state index contributed by atoms with van der Waals surface area (Å²) in [5.74, 6) is 0. The van der Waals surface area contributed by atoms with Crippen LogP contribution in [0, 0.1) is 28.4 Å². The van der Waals surface area contributed by atoms with Gasteiger partial charge in [0.15, 0.2) is 0 Å². The van der Waals surface area contributed by atoms with E-state index in [2.05, 4.69) is 18.2 Å². The highest BCUT2D eigenvalue weighted by molar-refractivity contribution is 5.77. The van der Waals surface area contributed by atoms with Crippen LogP contribution in [0.15, 0.2) is 24.3 Å². The molecule has 5 heteroatoms. The monoisotopic (exact) mass is 275 g/mol. The number of rotatable bonds is 2. The van der Waals surface area contributed by atoms with Crippen LogP contribution in [0.3, 0.4) is 0 Å². The SMILES string of the molecule is C#C.C1CCCNCC1.N=Cc1cccc([N+](=O)[O-])c1. The molecule has 1 heterocycles. The summed E-state index contributed by atoms with van der Waals surface area (Å²) in [6.45, 7) is 2.50. The lowest BCUT2D eigenvalue weighted by Crippen LogP contribution is -2.12. The van der Waals surface area contributed by atoms with Crippen molar-refractivity contribution >= 4 is 11.9 Å². The van der Waals surface area contributed by atoms with Crippen LogP contribution in [0.2, 0.25) is 0 Å². The minimum Gasteiger partial charge on any atom is -0.317 e. The second kappa shape index (κ2) is 11.9. The minimum atomic E-state index is -0.479. The predicted molar refractivity (Wildman–Crippen MR) is 82.2 cm³/mol. The van der Waals surface area contributed by atoms with Crippen LogP contribution in [0.4, 0.5) is 5.69 Å². The van der Waals surface area contributed by atoms with Crippen molar-refractivity contribution < 1.29 is 4.92 Å². The molecule has 1 saturated heterocycles. The van der Waals surface area contributed by atoms with E-state index in [9.17, 15) is 10.1 Å². The van der Waals surface area contributed by atoms with Crippen molar-refractivity contribution in [2.45, 2.75) is 25.7 Å². The first kappa shape index (κ1) is 17.8. The van der Waals surface area contributed by atoms with E-state index in [1.165, 1.54) is 50.9 Å². The Bertz CT molecular complexity index is 410. The Hall–Kier alpha value is -2.19. The van der Waals surface area contributed by atoms with Gasteiger partial charge in [-0.2, -0.15) is 0 Å². The van der Waals surface area contributed by atoms with Crippen LogP contribution < -0.4 is 5.32 Å². The summed E-state index contributed by atoms with van der Waals surface area (Å²) < 4.78 is 0. The van der Waals surface area contributed by atoms with E-state index in [0.29, 0.717) is 5.56 Å². The van der Waals surface area contributed by atoms with E-state index >= 15 is 0 Å². The van der Waals surface area contributed by atoms with Crippen LogP contribution in [0.25, 0.3) is 0 Å². The Balaban J connectivity index is 0.000000345. The molecule has 1 aromatic carbocycles. The second-order valence-electron chi connectivity index (χ2n) is 4.16. The molecule has 0 saturated carbocycles. The molecule has 0 bridgehead atoms. The lowest BCUT2D eigenvalue weighted by Gasteiger charge is -1.91. The zero-order chi connectivity index (χ0) is 15.2. The molecule has 1 fully saturated rings. The zero-order valence-electron chi connectivity index (χ0n) is 11.5. The lowest BCUT2D eigenvalue weighted by molar-refractivity contribution is -0.384. The van der Waals surface area contributed by atoms with Gasteiger partial charge in [0.1, 0.15) is 0 Å². The normalized spacial score (nSPS) is 13.5. The molecule has 1 aliphatic rings. The van der Waals surface area contributed by atoms with Crippen LogP contribution in [-0.4, -0.2) is 24.2 Å². The predicted octanol–water partition coefficient (Wildman–Crippen LogP) is 2.99. The molecule has 2 rings (SSSR count). The summed E-state index contributed by atoms with van der Waals surface area (Å²) in [5.41, 5.74) is 0.560. The summed E-state index contributed by atoms with van der Waals surface area (Å²) in [5, 5.41) is 20.4. The van der Waals surface area contributed by atoms with Crippen molar-refractivity contribution in [3.05, 3.63) is 39.9 Å². The number of nitrogens with one attached hydrogen (secondary N) is 2. The summed E-state index contributed by atoms with van der Waals surface area (Å²) in [6.07, 6.45) is 14.7. The van der Waals surface area contributed by atoms with Crippen molar-refractivity contribution in [1.29, 1.82) is 5.41 Å². The van der Waals surface area contributed by atoms with Crippen molar-refractivity contribution in [2.24, 2.45) is 0 Å². The van der Waals surface area contributed by atoms with Gasteiger partial charge in [0.05, 0.1) is 4.92 Å². The van der Waals surface area contributed by atoms with Gasteiger partial charge in [-0.3, -0.25) is 10.1 Å². The third-order valence-electron chi connectivity index (χ3n) is 2.70. The Morgan fingerprint density at radius 2 is 1.80 bits per heavy atom. The lowest BCUT2D eigenvalue weighted by atomic mass is 10.2. The molecule has 5 nitrogen and oxygen atoms in total. The van der Waals surface area contributed by atoms with E-state index in [4.69, 9.17) is 5.41 Å². The molecule has 0 atom stereocenters. The fourth-order valence-corrected chi connectivity index (χ4v) is 1.71. The highest BCUT2D eigenvalue weighted by Gasteiger charge is 2.02. The minimum absolute atomic E-state index is 0.0194. The van der Waals surface area contributed by atoms with E-state index in [0.717, 1.165) is 6.21 Å². The molecular formula is C15H21N3O2. The van der Waals surface area contributed by atoms with Gasteiger partial charge >= 0.3 is 0 Å². The molecule has 0 amide bonds. The van der Waals surface area contributed by atoms with Gasteiger partial charge in [0, 0.05) is 18.3 Å². The Labute approximate surface area is 120 Å². The van der Waals surface area contributed by atoms with Gasteiger partial charge in [0.2, 0.25) is 0 Å². The van der Waals surface area contributed by atoms with Crippen molar-refractivity contribution in [3.63, 3.8) is 0 Å². The number of benzene rings is 1. The quantitative estimate of drug-likeness (QED) is 0.377. The second-order valence-corrected chi connectivity index (χ2v) is 4.16. The standard InChI is InChI=1S/C7H6N2O2.C6H13N.C2H2/c8-5-6-2-1-3-7(4-6)9(10)11;1-2-4-6-7-5-3-1;1-2/h1-5,8H;7H,1-6H2;1-2H. The molecule has 108 valence electrons. The third kappa shape index (κ3) is 8.01. The number of nitrogens with zero attached hydrogens (tertiary/aromatic N) is 1. The van der Waals surface area contributed by atoms with Crippen LogP contribution in [-0.2, 0) is 0 Å². The molecule has 2 N–H and O–H groups in total. The summed E-state index contributed by atoms with van der Waals surface area (Å²) >= 11 is 0. The maximum absolute atomic E-state index is 10.2. The average molecular weight is 275 g/mol. The van der Waals surface area contributed by atoms with E-state index in [-0.39, 0.29) is 5.69 Å².